The molecule has 0 aliphatic carbocycles. The Morgan fingerprint density at radius 2 is 2.04 bits per heavy atom. The van der Waals surface area contributed by atoms with Gasteiger partial charge in [-0.05, 0) is 36.4 Å². The van der Waals surface area contributed by atoms with E-state index in [0.717, 1.165) is 4.90 Å². The van der Waals surface area contributed by atoms with Crippen molar-refractivity contribution in [1.29, 1.82) is 0 Å². The van der Waals surface area contributed by atoms with Gasteiger partial charge in [0.1, 0.15) is 5.02 Å². The smallest absolute Gasteiger partial charge is 0.318 e. The summed E-state index contributed by atoms with van der Waals surface area (Å²) < 4.78 is 38.5. The first-order valence-electron chi connectivity index (χ1n) is 7.40. The number of anilines is 2. The first-order valence-corrected chi connectivity index (χ1v) is 8.76. The van der Waals surface area contributed by atoms with Crippen molar-refractivity contribution in [1.82, 2.24) is 5.43 Å². The van der Waals surface area contributed by atoms with Gasteiger partial charge in [-0.25, -0.2) is 11.3 Å². The number of hydrazine groups is 2. The van der Waals surface area contributed by atoms with E-state index in [1.807, 2.05) is 0 Å². The molecule has 0 atom stereocenters. The summed E-state index contributed by atoms with van der Waals surface area (Å²) in [5.41, 5.74) is 1.84. The molecule has 0 fully saturated rings. The first kappa shape index (κ1) is 21.1. The topological polar surface area (TPSA) is 96.4 Å². The predicted octanol–water partition coefficient (Wildman–Crippen LogP) is 2.79. The highest BCUT2D eigenvalue weighted by Gasteiger charge is 2.33. The molecule has 0 bridgehead atoms. The van der Waals surface area contributed by atoms with E-state index < -0.39 is 22.7 Å². The SMILES string of the molecule is NNCN(N)c1cccc(SCC(=O)Nc2c#cc(Cl)c(C(F)(F)F)c2)c1. The monoisotopic (exact) mass is 417 g/mol. The van der Waals surface area contributed by atoms with Crippen LogP contribution in [0.1, 0.15) is 5.56 Å². The maximum Gasteiger partial charge on any atom is 0.418 e. The Bertz CT molecular complexity index is 806. The highest BCUT2D eigenvalue weighted by molar-refractivity contribution is 8.00. The molecule has 2 aromatic carbocycles. The van der Waals surface area contributed by atoms with Crippen molar-refractivity contribution in [2.75, 3.05) is 22.7 Å². The predicted molar refractivity (Wildman–Crippen MR) is 98.8 cm³/mol. The zero-order valence-corrected chi connectivity index (χ0v) is 15.3. The van der Waals surface area contributed by atoms with Gasteiger partial charge in [0.05, 0.1) is 29.4 Å². The minimum absolute atomic E-state index is 0.0268. The van der Waals surface area contributed by atoms with Crippen LogP contribution in [-0.4, -0.2) is 18.3 Å². The molecule has 6 nitrogen and oxygen atoms in total. The zero-order chi connectivity index (χ0) is 20.0. The van der Waals surface area contributed by atoms with Gasteiger partial charge in [0, 0.05) is 4.90 Å². The van der Waals surface area contributed by atoms with Gasteiger partial charge in [-0.2, -0.15) is 13.2 Å². The third-order valence-corrected chi connectivity index (χ3v) is 4.48. The van der Waals surface area contributed by atoms with Crippen LogP contribution in [0.5, 0.6) is 0 Å². The molecule has 0 aliphatic rings. The Morgan fingerprint density at radius 1 is 1.30 bits per heavy atom. The minimum Gasteiger partial charge on any atom is -0.318 e. The average molecular weight is 418 g/mol. The third-order valence-electron chi connectivity index (χ3n) is 3.19. The van der Waals surface area contributed by atoms with Crippen LogP contribution in [0, 0.1) is 12.1 Å². The first-order chi connectivity index (χ1) is 12.7. The van der Waals surface area contributed by atoms with Crippen LogP contribution < -0.4 is 27.4 Å². The van der Waals surface area contributed by atoms with E-state index in [2.05, 4.69) is 22.9 Å². The summed E-state index contributed by atoms with van der Waals surface area (Å²) in [6.07, 6.45) is -4.65. The van der Waals surface area contributed by atoms with Crippen LogP contribution in [-0.2, 0) is 11.0 Å². The van der Waals surface area contributed by atoms with E-state index >= 15 is 0 Å². The summed E-state index contributed by atoms with van der Waals surface area (Å²) in [5.74, 6) is 10.5. The lowest BCUT2D eigenvalue weighted by Gasteiger charge is -2.18. The summed E-state index contributed by atoms with van der Waals surface area (Å²) in [6.45, 7) is 0.221. The highest BCUT2D eigenvalue weighted by Crippen LogP contribution is 2.34. The minimum atomic E-state index is -4.65. The Balaban J connectivity index is 1.98. The van der Waals surface area contributed by atoms with E-state index in [-0.39, 0.29) is 18.1 Å². The lowest BCUT2D eigenvalue weighted by atomic mass is 10.2. The van der Waals surface area contributed by atoms with Crippen molar-refractivity contribution in [3.05, 3.63) is 53.1 Å². The number of nitrogens with one attached hydrogen (secondary N) is 2. The van der Waals surface area contributed by atoms with Crippen LogP contribution in [0.25, 0.3) is 0 Å². The Hall–Kier alpha value is -2.16. The number of carbonyl (C=O) groups is 1. The molecule has 27 heavy (non-hydrogen) atoms. The lowest BCUT2D eigenvalue weighted by molar-refractivity contribution is -0.137. The van der Waals surface area contributed by atoms with Gasteiger partial charge in [0.2, 0.25) is 5.91 Å². The molecule has 0 unspecified atom stereocenters. The number of carbonyl (C=O) groups excluding carboxylic acids is 1. The maximum absolute atomic E-state index is 12.8. The average Bonchev–Trinajstić information content (AvgIpc) is 2.61. The fourth-order valence-corrected chi connectivity index (χ4v) is 2.94. The van der Waals surface area contributed by atoms with Crippen molar-refractivity contribution in [2.24, 2.45) is 11.7 Å². The number of hydrogen-bond donors (Lipinski definition) is 4. The van der Waals surface area contributed by atoms with Crippen LogP contribution in [0.2, 0.25) is 5.02 Å². The molecule has 2 rings (SSSR count). The summed E-state index contributed by atoms with van der Waals surface area (Å²) in [4.78, 5) is 12.8. The Morgan fingerprint density at radius 3 is 2.70 bits per heavy atom. The number of benzene rings is 1. The number of rotatable bonds is 7. The number of hydrogen-bond acceptors (Lipinski definition) is 6. The van der Waals surface area contributed by atoms with Gasteiger partial charge >= 0.3 is 6.18 Å². The van der Waals surface area contributed by atoms with Crippen molar-refractivity contribution in [2.45, 2.75) is 11.1 Å². The largest absolute Gasteiger partial charge is 0.418 e. The maximum atomic E-state index is 12.8. The molecule has 0 radical (unpaired) electrons. The molecule has 11 heteroatoms. The van der Waals surface area contributed by atoms with Crippen molar-refractivity contribution in [3.8, 4) is 0 Å². The molecule has 2 aromatic rings. The van der Waals surface area contributed by atoms with E-state index in [9.17, 15) is 18.0 Å². The van der Waals surface area contributed by atoms with Gasteiger partial charge in [-0.15, -0.1) is 11.8 Å². The summed E-state index contributed by atoms with van der Waals surface area (Å²) in [6, 6.07) is 12.3. The molecule has 0 saturated carbocycles. The highest BCUT2D eigenvalue weighted by atomic mass is 35.5. The Kier molecular flexibility index (Phi) is 7.18. The second-order valence-corrected chi connectivity index (χ2v) is 6.63. The van der Waals surface area contributed by atoms with E-state index in [0.29, 0.717) is 11.8 Å². The van der Waals surface area contributed by atoms with Crippen LogP contribution in [0.4, 0.5) is 24.5 Å². The molecule has 1 amide bonds. The van der Waals surface area contributed by atoms with Crippen molar-refractivity contribution in [3.63, 3.8) is 0 Å². The van der Waals surface area contributed by atoms with E-state index in [1.54, 1.807) is 24.3 Å². The lowest BCUT2D eigenvalue weighted by Crippen LogP contribution is -2.42. The van der Waals surface area contributed by atoms with Crippen molar-refractivity contribution < 1.29 is 18.0 Å². The van der Waals surface area contributed by atoms with Gasteiger partial charge in [0.15, 0.2) is 0 Å². The second-order valence-electron chi connectivity index (χ2n) is 5.20. The zero-order valence-electron chi connectivity index (χ0n) is 13.7. The number of nitrogens with zero attached hydrogens (tertiary/aromatic N) is 1. The van der Waals surface area contributed by atoms with E-state index in [1.165, 1.54) is 16.8 Å². The van der Waals surface area contributed by atoms with Gasteiger partial charge < -0.3 is 5.32 Å². The quantitative estimate of drug-likeness (QED) is 0.239. The van der Waals surface area contributed by atoms with Gasteiger partial charge in [-0.3, -0.25) is 15.6 Å². The normalized spacial score (nSPS) is 11.0. The Labute approximate surface area is 163 Å². The van der Waals surface area contributed by atoms with Crippen molar-refractivity contribution >= 4 is 40.6 Å². The summed E-state index contributed by atoms with van der Waals surface area (Å²) in [7, 11) is 0. The summed E-state index contributed by atoms with van der Waals surface area (Å²) in [5, 5.41) is 3.11. The molecular formula is C16H15ClF3N5OS. The van der Waals surface area contributed by atoms with Crippen LogP contribution in [0.3, 0.4) is 0 Å². The fraction of sp³-hybridized carbons (Fsp3) is 0.188. The number of alkyl halides is 3. The van der Waals surface area contributed by atoms with Gasteiger partial charge in [0.25, 0.3) is 0 Å². The molecule has 0 heterocycles. The molecule has 6 N–H and O–H groups in total. The van der Waals surface area contributed by atoms with Crippen LogP contribution >= 0.6 is 23.4 Å². The van der Waals surface area contributed by atoms with Crippen LogP contribution in [0.15, 0.2) is 35.2 Å². The molecular weight excluding hydrogens is 403 g/mol. The number of amides is 1. The molecule has 144 valence electrons. The number of nitrogens with two attached hydrogens (primary N) is 2. The molecule has 0 saturated heterocycles. The second kappa shape index (κ2) is 9.16. The third kappa shape index (κ3) is 6.20. The fourth-order valence-electron chi connectivity index (χ4n) is 1.98. The number of thioether (sulfide) groups is 1. The molecule has 0 aliphatic heterocycles. The van der Waals surface area contributed by atoms with E-state index in [4.69, 9.17) is 23.3 Å². The molecule has 0 aromatic heterocycles. The number of halogens is 4. The molecule has 0 spiro atoms. The standard InChI is InChI=1S/C16H15ClF3N5OS/c17-14-5-4-10(6-13(14)16(18,19)20)24-15(26)8-27-12-3-1-2-11(7-12)25(22)9-23-21/h1-3,6-7,23H,8-9,21-22H2,(H,24,26). The van der Waals surface area contributed by atoms with Gasteiger partial charge in [-0.1, -0.05) is 17.7 Å². The summed E-state index contributed by atoms with van der Waals surface area (Å²) >= 11 is 6.66.